The third-order valence-corrected chi connectivity index (χ3v) is 2.46. The first-order valence-corrected chi connectivity index (χ1v) is 5.12. The van der Waals surface area contributed by atoms with Crippen molar-refractivity contribution in [1.82, 2.24) is 9.78 Å². The number of alkyl halides is 5. The maximum absolute atomic E-state index is 12.3. The summed E-state index contributed by atoms with van der Waals surface area (Å²) in [6.45, 7) is -1.34. The van der Waals surface area contributed by atoms with Crippen LogP contribution in [0.15, 0.2) is 24.4 Å². The number of fused-ring (bicyclic) bond motifs is 1. The highest BCUT2D eigenvalue weighted by Crippen LogP contribution is 2.22. The van der Waals surface area contributed by atoms with Crippen molar-refractivity contribution in [3.05, 3.63) is 30.0 Å². The normalized spacial score (nSPS) is 12.3. The van der Waals surface area contributed by atoms with Crippen LogP contribution in [0, 0.1) is 0 Å². The second-order valence-corrected chi connectivity index (χ2v) is 3.86. The van der Waals surface area contributed by atoms with E-state index >= 15 is 0 Å². The van der Waals surface area contributed by atoms with Crippen molar-refractivity contribution >= 4 is 16.7 Å². The van der Waals surface area contributed by atoms with E-state index < -0.39 is 24.9 Å². The van der Waals surface area contributed by atoms with Crippen molar-refractivity contribution in [2.24, 2.45) is 0 Å². The number of aromatic nitrogens is 2. The van der Waals surface area contributed by atoms with Crippen LogP contribution in [0.3, 0.4) is 0 Å². The zero-order valence-electron chi connectivity index (χ0n) is 9.29. The predicted octanol–water partition coefficient (Wildman–Crippen LogP) is 3.05. The van der Waals surface area contributed by atoms with Gasteiger partial charge in [0.25, 0.3) is 0 Å². The van der Waals surface area contributed by atoms with E-state index in [1.807, 2.05) is 0 Å². The standard InChI is InChI=1S/C11H7F5N2O/c12-10(13)9(19)6-1-2-7-4-17-18(8(7)3-6)5-11(14,15)16/h1-4,10H,5H2. The highest BCUT2D eigenvalue weighted by molar-refractivity contribution is 6.01. The monoisotopic (exact) mass is 278 g/mol. The largest absolute Gasteiger partial charge is 0.408 e. The molecule has 0 radical (unpaired) electrons. The number of hydrogen-bond donors (Lipinski definition) is 0. The minimum Gasteiger partial charge on any atom is -0.288 e. The van der Waals surface area contributed by atoms with E-state index in [0.717, 1.165) is 12.1 Å². The summed E-state index contributed by atoms with van der Waals surface area (Å²) in [4.78, 5) is 11.1. The molecule has 0 spiro atoms. The zero-order chi connectivity index (χ0) is 14.2. The van der Waals surface area contributed by atoms with E-state index in [-0.39, 0.29) is 11.1 Å². The molecule has 0 aliphatic heterocycles. The summed E-state index contributed by atoms with van der Waals surface area (Å²) in [5.41, 5.74) is -0.352. The van der Waals surface area contributed by atoms with Gasteiger partial charge in [0.2, 0.25) is 5.78 Å². The number of carbonyl (C=O) groups is 1. The van der Waals surface area contributed by atoms with Gasteiger partial charge in [0, 0.05) is 10.9 Å². The highest BCUT2D eigenvalue weighted by Gasteiger charge is 2.29. The van der Waals surface area contributed by atoms with E-state index in [1.165, 1.54) is 12.3 Å². The molecule has 2 rings (SSSR count). The van der Waals surface area contributed by atoms with Crippen molar-refractivity contribution < 1.29 is 26.7 Å². The van der Waals surface area contributed by atoms with E-state index in [2.05, 4.69) is 5.10 Å². The number of carbonyl (C=O) groups excluding carboxylic acids is 1. The molecule has 0 aliphatic rings. The quantitative estimate of drug-likeness (QED) is 0.639. The van der Waals surface area contributed by atoms with Crippen LogP contribution in [-0.2, 0) is 6.54 Å². The Morgan fingerprint density at radius 1 is 1.32 bits per heavy atom. The molecule has 19 heavy (non-hydrogen) atoms. The van der Waals surface area contributed by atoms with Gasteiger partial charge in [-0.05, 0) is 6.07 Å². The Morgan fingerprint density at radius 2 is 2.00 bits per heavy atom. The summed E-state index contributed by atoms with van der Waals surface area (Å²) >= 11 is 0. The number of ketones is 1. The minimum absolute atomic E-state index is 0.0103. The van der Waals surface area contributed by atoms with Gasteiger partial charge in [-0.3, -0.25) is 9.48 Å². The fourth-order valence-corrected chi connectivity index (χ4v) is 1.65. The second-order valence-electron chi connectivity index (χ2n) is 3.86. The first-order chi connectivity index (χ1) is 8.78. The van der Waals surface area contributed by atoms with E-state index in [9.17, 15) is 26.7 Å². The minimum atomic E-state index is -4.48. The number of benzene rings is 1. The number of halogens is 5. The second kappa shape index (κ2) is 4.60. The van der Waals surface area contributed by atoms with Gasteiger partial charge in [-0.15, -0.1) is 0 Å². The summed E-state index contributed by atoms with van der Waals surface area (Å²) < 4.78 is 62.0. The molecule has 2 aromatic rings. The fourth-order valence-electron chi connectivity index (χ4n) is 1.65. The van der Waals surface area contributed by atoms with Crippen molar-refractivity contribution in [3.8, 4) is 0 Å². The number of rotatable bonds is 3. The van der Waals surface area contributed by atoms with Crippen molar-refractivity contribution in [2.75, 3.05) is 0 Å². The van der Waals surface area contributed by atoms with Crippen LogP contribution in [0.2, 0.25) is 0 Å². The van der Waals surface area contributed by atoms with Crippen molar-refractivity contribution in [1.29, 1.82) is 0 Å². The topological polar surface area (TPSA) is 34.9 Å². The van der Waals surface area contributed by atoms with Gasteiger partial charge in [-0.1, -0.05) is 12.1 Å². The molecule has 0 bridgehead atoms. The Morgan fingerprint density at radius 3 is 2.58 bits per heavy atom. The van der Waals surface area contributed by atoms with Crippen LogP contribution in [-0.4, -0.2) is 28.2 Å². The molecular weight excluding hydrogens is 271 g/mol. The van der Waals surface area contributed by atoms with Crippen molar-refractivity contribution in [2.45, 2.75) is 19.1 Å². The van der Waals surface area contributed by atoms with Gasteiger partial charge < -0.3 is 0 Å². The van der Waals surface area contributed by atoms with Gasteiger partial charge in [-0.25, -0.2) is 8.78 Å². The summed E-state index contributed by atoms with van der Waals surface area (Å²) in [5.74, 6) is -1.43. The summed E-state index contributed by atoms with van der Waals surface area (Å²) in [6, 6.07) is 3.41. The van der Waals surface area contributed by atoms with Gasteiger partial charge in [0.15, 0.2) is 0 Å². The van der Waals surface area contributed by atoms with Gasteiger partial charge in [-0.2, -0.15) is 18.3 Å². The Bertz CT molecular complexity index is 617. The molecule has 3 nitrogen and oxygen atoms in total. The smallest absolute Gasteiger partial charge is 0.288 e. The van der Waals surface area contributed by atoms with Crippen molar-refractivity contribution in [3.63, 3.8) is 0 Å². The number of Topliss-reactive ketones (excluding diaryl/α,β-unsaturated/α-hetero) is 1. The molecule has 0 N–H and O–H groups in total. The zero-order valence-corrected chi connectivity index (χ0v) is 9.29. The van der Waals surface area contributed by atoms with Gasteiger partial charge in [0.05, 0.1) is 11.7 Å². The van der Waals surface area contributed by atoms with Crippen LogP contribution < -0.4 is 0 Å². The van der Waals surface area contributed by atoms with Crippen LogP contribution in [0.25, 0.3) is 10.9 Å². The highest BCUT2D eigenvalue weighted by atomic mass is 19.4. The van der Waals surface area contributed by atoms with Gasteiger partial charge >= 0.3 is 12.6 Å². The molecule has 8 heteroatoms. The molecule has 0 saturated carbocycles. The lowest BCUT2D eigenvalue weighted by Crippen LogP contribution is -2.18. The Kier molecular flexibility index (Phi) is 3.25. The van der Waals surface area contributed by atoms with E-state index in [0.29, 0.717) is 10.1 Å². The summed E-state index contributed by atoms with van der Waals surface area (Å²) in [5, 5.41) is 3.87. The van der Waals surface area contributed by atoms with E-state index in [1.54, 1.807) is 0 Å². The number of nitrogens with zero attached hydrogens (tertiary/aromatic N) is 2. The third kappa shape index (κ3) is 2.88. The summed E-state index contributed by atoms with van der Waals surface area (Å²) in [7, 11) is 0. The molecule has 1 heterocycles. The number of hydrogen-bond acceptors (Lipinski definition) is 2. The average molecular weight is 278 g/mol. The molecule has 0 unspecified atom stereocenters. The lowest BCUT2D eigenvalue weighted by molar-refractivity contribution is -0.141. The van der Waals surface area contributed by atoms with Crippen LogP contribution >= 0.6 is 0 Å². The molecule has 0 aliphatic carbocycles. The molecule has 0 fully saturated rings. The summed E-state index contributed by atoms with van der Waals surface area (Å²) in [6.07, 6.45) is -6.50. The predicted molar refractivity (Wildman–Crippen MR) is 56.1 cm³/mol. The lowest BCUT2D eigenvalue weighted by Gasteiger charge is -2.08. The molecule has 0 amide bonds. The maximum Gasteiger partial charge on any atom is 0.408 e. The molecular formula is C11H7F5N2O. The maximum atomic E-state index is 12.3. The Hall–Kier alpha value is -1.99. The fraction of sp³-hybridized carbons (Fsp3) is 0.273. The Labute approximate surface area is 103 Å². The first-order valence-electron chi connectivity index (χ1n) is 5.12. The SMILES string of the molecule is O=C(c1ccc2cnn(CC(F)(F)F)c2c1)C(F)F. The molecule has 1 aromatic carbocycles. The molecule has 1 aromatic heterocycles. The van der Waals surface area contributed by atoms with Crippen LogP contribution in [0.1, 0.15) is 10.4 Å². The molecule has 0 atom stereocenters. The Balaban J connectivity index is 2.46. The van der Waals surface area contributed by atoms with Crippen LogP contribution in [0.4, 0.5) is 22.0 Å². The lowest BCUT2D eigenvalue weighted by atomic mass is 10.1. The first kappa shape index (κ1) is 13.4. The van der Waals surface area contributed by atoms with Crippen LogP contribution in [0.5, 0.6) is 0 Å². The molecule has 0 saturated heterocycles. The third-order valence-electron chi connectivity index (χ3n) is 2.46. The van der Waals surface area contributed by atoms with E-state index in [4.69, 9.17) is 0 Å². The van der Waals surface area contributed by atoms with Gasteiger partial charge in [0.1, 0.15) is 6.54 Å². The average Bonchev–Trinajstić information content (AvgIpc) is 2.68. The molecule has 102 valence electrons.